The molecule has 1 N–H and O–H groups in total. The number of thiazole rings is 1. The molecule has 0 aliphatic carbocycles. The number of rotatable bonds is 3. The first-order chi connectivity index (χ1) is 10.2. The Morgan fingerprint density at radius 1 is 1.33 bits per heavy atom. The molecule has 0 saturated carbocycles. The van der Waals surface area contributed by atoms with E-state index in [0.29, 0.717) is 12.1 Å². The molecule has 112 valence electrons. The summed E-state index contributed by atoms with van der Waals surface area (Å²) in [6.07, 6.45) is 3.18. The topological polar surface area (TPSA) is 28.2 Å². The van der Waals surface area contributed by atoms with Gasteiger partial charge in [0, 0.05) is 30.2 Å². The molecule has 1 aliphatic rings. The zero-order valence-corrected chi connectivity index (χ0v) is 13.6. The van der Waals surface area contributed by atoms with E-state index in [2.05, 4.69) is 59.4 Å². The second-order valence-corrected chi connectivity index (χ2v) is 7.02. The van der Waals surface area contributed by atoms with Gasteiger partial charge in [-0.15, -0.1) is 11.3 Å². The van der Waals surface area contributed by atoms with E-state index in [1.807, 2.05) is 17.5 Å². The van der Waals surface area contributed by atoms with Crippen molar-refractivity contribution in [1.82, 2.24) is 15.2 Å². The summed E-state index contributed by atoms with van der Waals surface area (Å²) in [5.74, 6) is 0. The van der Waals surface area contributed by atoms with Gasteiger partial charge in [0.1, 0.15) is 5.01 Å². The number of aryl methyl sites for hydroxylation is 1. The van der Waals surface area contributed by atoms with Gasteiger partial charge in [0.25, 0.3) is 0 Å². The molecule has 0 spiro atoms. The van der Waals surface area contributed by atoms with Crippen LogP contribution in [0.4, 0.5) is 0 Å². The minimum absolute atomic E-state index is 0.398. The first-order valence-corrected chi connectivity index (χ1v) is 8.50. The highest BCUT2D eigenvalue weighted by atomic mass is 32.1. The van der Waals surface area contributed by atoms with Crippen LogP contribution in [0.3, 0.4) is 0 Å². The molecule has 0 amide bonds. The molecule has 3 rings (SSSR count). The molecule has 1 aromatic carbocycles. The molecule has 2 atom stereocenters. The Labute approximate surface area is 131 Å². The van der Waals surface area contributed by atoms with E-state index in [4.69, 9.17) is 0 Å². The summed E-state index contributed by atoms with van der Waals surface area (Å²) in [6.45, 7) is 7.68. The minimum atomic E-state index is 0.398. The number of nitrogens with zero attached hydrogens (tertiary/aromatic N) is 2. The fourth-order valence-corrected chi connectivity index (χ4v) is 3.79. The molecule has 1 saturated heterocycles. The maximum Gasteiger partial charge on any atom is 0.110 e. The van der Waals surface area contributed by atoms with Crippen molar-refractivity contribution in [2.45, 2.75) is 32.4 Å². The summed E-state index contributed by atoms with van der Waals surface area (Å²) in [6, 6.07) is 11.6. The van der Waals surface area contributed by atoms with Crippen molar-refractivity contribution >= 4 is 11.3 Å². The van der Waals surface area contributed by atoms with E-state index in [9.17, 15) is 0 Å². The van der Waals surface area contributed by atoms with Crippen LogP contribution < -0.4 is 5.32 Å². The molecule has 2 aromatic rings. The normalized spacial score (nSPS) is 21.9. The molecule has 1 aromatic heterocycles. The molecular formula is C17H23N3S. The van der Waals surface area contributed by atoms with Crippen molar-refractivity contribution in [2.24, 2.45) is 0 Å². The Morgan fingerprint density at radius 2 is 2.14 bits per heavy atom. The second-order valence-electron chi connectivity index (χ2n) is 5.75. The quantitative estimate of drug-likeness (QED) is 0.939. The fraction of sp³-hybridized carbons (Fsp3) is 0.471. The van der Waals surface area contributed by atoms with Gasteiger partial charge >= 0.3 is 0 Å². The number of hydrogen-bond acceptors (Lipinski definition) is 4. The summed E-state index contributed by atoms with van der Waals surface area (Å²) in [7, 11) is 0. The van der Waals surface area contributed by atoms with Gasteiger partial charge in [0.15, 0.2) is 0 Å². The maximum atomic E-state index is 4.58. The standard InChI is InChI=1S/C17H23N3S/c1-13-11-19-17(21-13)14(2)20-10-6-9-18-16(12-20)15-7-4-3-5-8-15/h3-5,7-8,11,14,16,18H,6,9-10,12H2,1-2H3. The van der Waals surface area contributed by atoms with Crippen LogP contribution >= 0.6 is 11.3 Å². The van der Waals surface area contributed by atoms with Crippen molar-refractivity contribution in [3.63, 3.8) is 0 Å². The van der Waals surface area contributed by atoms with Crippen LogP contribution in [0.1, 0.15) is 40.9 Å². The van der Waals surface area contributed by atoms with Crippen LogP contribution in [0.25, 0.3) is 0 Å². The average molecular weight is 301 g/mol. The Kier molecular flexibility index (Phi) is 4.68. The van der Waals surface area contributed by atoms with Gasteiger partial charge in [0.2, 0.25) is 0 Å². The third-order valence-electron chi connectivity index (χ3n) is 4.18. The summed E-state index contributed by atoms with van der Waals surface area (Å²) in [5, 5.41) is 4.92. The molecule has 0 bridgehead atoms. The van der Waals surface area contributed by atoms with Crippen molar-refractivity contribution in [3.05, 3.63) is 52.0 Å². The van der Waals surface area contributed by atoms with Crippen molar-refractivity contribution in [2.75, 3.05) is 19.6 Å². The van der Waals surface area contributed by atoms with E-state index < -0.39 is 0 Å². The van der Waals surface area contributed by atoms with Crippen LogP contribution in [-0.2, 0) is 0 Å². The highest BCUT2D eigenvalue weighted by molar-refractivity contribution is 7.11. The molecule has 3 nitrogen and oxygen atoms in total. The Morgan fingerprint density at radius 3 is 2.86 bits per heavy atom. The van der Waals surface area contributed by atoms with Crippen molar-refractivity contribution in [1.29, 1.82) is 0 Å². The zero-order valence-electron chi connectivity index (χ0n) is 12.7. The first-order valence-electron chi connectivity index (χ1n) is 7.69. The van der Waals surface area contributed by atoms with Gasteiger partial charge in [-0.05, 0) is 32.4 Å². The third-order valence-corrected chi connectivity index (χ3v) is 5.26. The Balaban J connectivity index is 1.76. The lowest BCUT2D eigenvalue weighted by atomic mass is 10.1. The van der Waals surface area contributed by atoms with Gasteiger partial charge < -0.3 is 5.32 Å². The summed E-state index contributed by atoms with van der Waals surface area (Å²) in [4.78, 5) is 8.44. The number of aromatic nitrogens is 1. The van der Waals surface area contributed by atoms with Crippen molar-refractivity contribution < 1.29 is 0 Å². The van der Waals surface area contributed by atoms with Crippen LogP contribution in [0.15, 0.2) is 36.5 Å². The lowest BCUT2D eigenvalue weighted by molar-refractivity contribution is 0.207. The van der Waals surface area contributed by atoms with E-state index in [-0.39, 0.29) is 0 Å². The predicted octanol–water partition coefficient (Wildman–Crippen LogP) is 3.55. The molecular weight excluding hydrogens is 278 g/mol. The van der Waals surface area contributed by atoms with Gasteiger partial charge in [0.05, 0.1) is 6.04 Å². The summed E-state index contributed by atoms with van der Waals surface area (Å²) < 4.78 is 0. The third kappa shape index (κ3) is 3.51. The second kappa shape index (κ2) is 6.69. The molecule has 1 aliphatic heterocycles. The van der Waals surface area contributed by atoms with E-state index in [1.54, 1.807) is 0 Å². The zero-order chi connectivity index (χ0) is 14.7. The monoisotopic (exact) mass is 301 g/mol. The smallest absolute Gasteiger partial charge is 0.110 e. The van der Waals surface area contributed by atoms with Crippen molar-refractivity contribution in [3.8, 4) is 0 Å². The van der Waals surface area contributed by atoms with E-state index >= 15 is 0 Å². The molecule has 21 heavy (non-hydrogen) atoms. The van der Waals surface area contributed by atoms with Crippen LogP contribution in [0.2, 0.25) is 0 Å². The predicted molar refractivity (Wildman–Crippen MR) is 88.6 cm³/mol. The van der Waals surface area contributed by atoms with Crippen LogP contribution in [0.5, 0.6) is 0 Å². The summed E-state index contributed by atoms with van der Waals surface area (Å²) in [5.41, 5.74) is 1.38. The Hall–Kier alpha value is -1.23. The Bertz CT molecular complexity index is 566. The molecule has 2 heterocycles. The van der Waals surface area contributed by atoms with Gasteiger partial charge in [-0.2, -0.15) is 0 Å². The SMILES string of the molecule is Cc1cnc(C(C)N2CCCNC(c3ccccc3)C2)s1. The number of hydrogen-bond donors (Lipinski definition) is 1. The van der Waals surface area contributed by atoms with Gasteiger partial charge in [-0.3, -0.25) is 4.90 Å². The minimum Gasteiger partial charge on any atom is -0.309 e. The van der Waals surface area contributed by atoms with Gasteiger partial charge in [-0.1, -0.05) is 30.3 Å². The van der Waals surface area contributed by atoms with Crippen LogP contribution in [-0.4, -0.2) is 29.5 Å². The summed E-state index contributed by atoms with van der Waals surface area (Å²) >= 11 is 1.82. The number of nitrogens with one attached hydrogen (secondary N) is 1. The molecule has 0 radical (unpaired) electrons. The molecule has 2 unspecified atom stereocenters. The highest BCUT2D eigenvalue weighted by Gasteiger charge is 2.24. The lowest BCUT2D eigenvalue weighted by Gasteiger charge is -2.29. The molecule has 1 fully saturated rings. The maximum absolute atomic E-state index is 4.58. The van der Waals surface area contributed by atoms with E-state index in [1.165, 1.54) is 21.9 Å². The number of benzene rings is 1. The molecule has 4 heteroatoms. The van der Waals surface area contributed by atoms with Crippen LogP contribution in [0, 0.1) is 6.92 Å². The van der Waals surface area contributed by atoms with Gasteiger partial charge in [-0.25, -0.2) is 4.98 Å². The largest absolute Gasteiger partial charge is 0.309 e. The highest BCUT2D eigenvalue weighted by Crippen LogP contribution is 2.28. The lowest BCUT2D eigenvalue weighted by Crippen LogP contribution is -2.33. The first kappa shape index (κ1) is 14.7. The fourth-order valence-electron chi connectivity index (χ4n) is 2.93. The average Bonchev–Trinajstić information content (AvgIpc) is 2.81. The van der Waals surface area contributed by atoms with E-state index in [0.717, 1.165) is 19.6 Å².